The highest BCUT2D eigenvalue weighted by Crippen LogP contribution is 2.08. The van der Waals surface area contributed by atoms with Crippen molar-refractivity contribution in [1.82, 2.24) is 16.1 Å². The molecule has 1 atom stereocenters. The van der Waals surface area contributed by atoms with Crippen molar-refractivity contribution < 1.29 is 19.6 Å². The van der Waals surface area contributed by atoms with E-state index in [-0.39, 0.29) is 19.0 Å². The van der Waals surface area contributed by atoms with Gasteiger partial charge in [0.05, 0.1) is 12.6 Å². The second kappa shape index (κ2) is 14.5. The fourth-order valence-corrected chi connectivity index (χ4v) is 2.65. The van der Waals surface area contributed by atoms with Crippen molar-refractivity contribution in [3.63, 3.8) is 0 Å². The number of nitrogens with zero attached hydrogens (tertiary/aromatic N) is 1. The van der Waals surface area contributed by atoms with Gasteiger partial charge in [-0.15, -0.1) is 0 Å². The van der Waals surface area contributed by atoms with Crippen molar-refractivity contribution in [3.05, 3.63) is 65.2 Å². The summed E-state index contributed by atoms with van der Waals surface area (Å²) in [5.41, 5.74) is 9.16. The second-order valence-corrected chi connectivity index (χ2v) is 7.03. The first-order valence-electron chi connectivity index (χ1n) is 10.5. The van der Waals surface area contributed by atoms with E-state index in [1.807, 2.05) is 6.07 Å². The number of amides is 3. The molecule has 0 unspecified atom stereocenters. The summed E-state index contributed by atoms with van der Waals surface area (Å²) in [6.07, 6.45) is 0.342. The zero-order valence-electron chi connectivity index (χ0n) is 18.7. The first kappa shape index (κ1) is 26.6. The Morgan fingerprint density at radius 3 is 2.11 bits per heavy atom. The summed E-state index contributed by atoms with van der Waals surface area (Å²) >= 11 is 0. The number of anilines is 1. The van der Waals surface area contributed by atoms with Crippen LogP contribution in [-0.4, -0.2) is 48.6 Å². The standard InChI is InChI=1S/C25H24N6O4/c26-14-3-15-28-17-23(32)29-21-12-8-19(9-13-21)5-2-1-4-18-6-10-20(11-7-18)24(33)30-22(16-27)25(34)31-35/h6-13,22,28,35H,3,15-17,27H2,(H,29,32)(H,30,33)(H,31,34)/t22-/m0/s1. The third kappa shape index (κ3) is 9.39. The number of rotatable bonds is 9. The Morgan fingerprint density at radius 1 is 0.971 bits per heavy atom. The first-order chi connectivity index (χ1) is 17.0. The maximum absolute atomic E-state index is 12.2. The molecule has 0 bridgehead atoms. The van der Waals surface area contributed by atoms with E-state index in [0.29, 0.717) is 29.8 Å². The van der Waals surface area contributed by atoms with Gasteiger partial charge < -0.3 is 21.7 Å². The van der Waals surface area contributed by atoms with Crippen LogP contribution in [0.3, 0.4) is 0 Å². The highest BCUT2D eigenvalue weighted by Gasteiger charge is 2.19. The largest absolute Gasteiger partial charge is 0.339 e. The van der Waals surface area contributed by atoms with E-state index in [1.165, 1.54) is 5.48 Å². The van der Waals surface area contributed by atoms with E-state index < -0.39 is 17.9 Å². The third-order valence-electron chi connectivity index (χ3n) is 4.46. The number of nitrogens with two attached hydrogens (primary N) is 1. The minimum absolute atomic E-state index is 0.125. The number of carbonyl (C=O) groups excluding carboxylic acids is 3. The van der Waals surface area contributed by atoms with Crippen LogP contribution in [0.5, 0.6) is 0 Å². The molecule has 35 heavy (non-hydrogen) atoms. The van der Waals surface area contributed by atoms with Crippen molar-refractivity contribution in [3.8, 4) is 29.8 Å². The van der Waals surface area contributed by atoms with Gasteiger partial charge in [-0.3, -0.25) is 19.6 Å². The monoisotopic (exact) mass is 472 g/mol. The summed E-state index contributed by atoms with van der Waals surface area (Å²) in [6, 6.07) is 14.3. The van der Waals surface area contributed by atoms with Crippen molar-refractivity contribution in [1.29, 1.82) is 5.26 Å². The molecule has 0 aromatic heterocycles. The summed E-state index contributed by atoms with van der Waals surface area (Å²) < 4.78 is 0. The number of benzene rings is 2. The molecule has 0 fully saturated rings. The lowest BCUT2D eigenvalue weighted by Gasteiger charge is -2.14. The molecule has 178 valence electrons. The average molecular weight is 473 g/mol. The van der Waals surface area contributed by atoms with Crippen LogP contribution >= 0.6 is 0 Å². The third-order valence-corrected chi connectivity index (χ3v) is 4.46. The molecule has 0 saturated heterocycles. The zero-order chi connectivity index (χ0) is 25.5. The number of carbonyl (C=O) groups is 3. The van der Waals surface area contributed by atoms with Gasteiger partial charge in [-0.1, -0.05) is 11.8 Å². The van der Waals surface area contributed by atoms with Gasteiger partial charge in [0.1, 0.15) is 6.04 Å². The van der Waals surface area contributed by atoms with E-state index in [1.54, 1.807) is 48.5 Å². The predicted octanol–water partition coefficient (Wildman–Crippen LogP) is 0.0941. The van der Waals surface area contributed by atoms with Crippen molar-refractivity contribution in [2.75, 3.05) is 25.0 Å². The van der Waals surface area contributed by atoms with Gasteiger partial charge in [0.15, 0.2) is 0 Å². The van der Waals surface area contributed by atoms with Gasteiger partial charge in [-0.05, 0) is 60.4 Å². The minimum Gasteiger partial charge on any atom is -0.339 e. The molecule has 2 aromatic carbocycles. The average Bonchev–Trinajstić information content (AvgIpc) is 2.88. The fourth-order valence-electron chi connectivity index (χ4n) is 2.65. The molecule has 10 nitrogen and oxygen atoms in total. The molecule has 0 saturated carbocycles. The smallest absolute Gasteiger partial charge is 0.267 e. The molecule has 0 aliphatic carbocycles. The first-order valence-corrected chi connectivity index (χ1v) is 10.5. The lowest BCUT2D eigenvalue weighted by molar-refractivity contribution is -0.130. The second-order valence-electron chi connectivity index (χ2n) is 7.03. The van der Waals surface area contributed by atoms with Crippen LogP contribution in [0.4, 0.5) is 5.69 Å². The number of nitriles is 1. The Morgan fingerprint density at radius 2 is 1.57 bits per heavy atom. The van der Waals surface area contributed by atoms with Crippen molar-refractivity contribution in [2.45, 2.75) is 12.5 Å². The maximum atomic E-state index is 12.2. The molecular formula is C25H24N6O4. The van der Waals surface area contributed by atoms with Crippen LogP contribution in [0.1, 0.15) is 27.9 Å². The van der Waals surface area contributed by atoms with E-state index in [0.717, 1.165) is 5.56 Å². The number of hydrogen-bond donors (Lipinski definition) is 6. The van der Waals surface area contributed by atoms with E-state index in [2.05, 4.69) is 39.6 Å². The summed E-state index contributed by atoms with van der Waals surface area (Å²) in [4.78, 5) is 35.4. The molecule has 7 N–H and O–H groups in total. The minimum atomic E-state index is -1.05. The molecular weight excluding hydrogens is 448 g/mol. The van der Waals surface area contributed by atoms with E-state index in [4.69, 9.17) is 16.2 Å². The molecule has 2 rings (SSSR count). The molecule has 0 aliphatic rings. The van der Waals surface area contributed by atoms with Crippen LogP contribution in [0.15, 0.2) is 48.5 Å². The summed E-state index contributed by atoms with van der Waals surface area (Å²) in [5, 5.41) is 25.2. The van der Waals surface area contributed by atoms with Crippen molar-refractivity contribution >= 4 is 23.4 Å². The van der Waals surface area contributed by atoms with Gasteiger partial charge in [0, 0.05) is 41.9 Å². The highest BCUT2D eigenvalue weighted by atomic mass is 16.5. The van der Waals surface area contributed by atoms with E-state index in [9.17, 15) is 14.4 Å². The Balaban J connectivity index is 1.89. The summed E-state index contributed by atoms with van der Waals surface area (Å²) in [5.74, 6) is 9.73. The maximum Gasteiger partial charge on any atom is 0.267 e. The Bertz CT molecular complexity index is 1200. The number of hydroxylamine groups is 1. The van der Waals surface area contributed by atoms with Gasteiger partial charge in [-0.2, -0.15) is 5.26 Å². The van der Waals surface area contributed by atoms with Gasteiger partial charge in [0.25, 0.3) is 11.8 Å². The van der Waals surface area contributed by atoms with Crippen molar-refractivity contribution in [2.24, 2.45) is 5.73 Å². The number of hydrogen-bond acceptors (Lipinski definition) is 7. The lowest BCUT2D eigenvalue weighted by atomic mass is 10.1. The molecule has 0 heterocycles. The van der Waals surface area contributed by atoms with Crippen LogP contribution in [0.25, 0.3) is 0 Å². The normalized spacial score (nSPS) is 10.3. The Kier molecular flexibility index (Phi) is 11.0. The van der Waals surface area contributed by atoms with E-state index >= 15 is 0 Å². The van der Waals surface area contributed by atoms with Gasteiger partial charge in [0.2, 0.25) is 5.91 Å². The fraction of sp³-hybridized carbons (Fsp3) is 0.200. The van der Waals surface area contributed by atoms with Crippen LogP contribution in [-0.2, 0) is 9.59 Å². The molecule has 0 radical (unpaired) electrons. The van der Waals surface area contributed by atoms with Gasteiger partial charge >= 0.3 is 0 Å². The quantitative estimate of drug-likeness (QED) is 0.130. The molecule has 2 aromatic rings. The molecule has 10 heteroatoms. The Labute approximate surface area is 202 Å². The molecule has 0 aliphatic heterocycles. The van der Waals surface area contributed by atoms with Gasteiger partial charge in [-0.25, -0.2) is 5.48 Å². The SMILES string of the molecule is N#CCCNCC(=O)Nc1ccc(C#CC#Cc2ccc(C(=O)N[C@@H](CN)C(=O)NO)cc2)cc1. The predicted molar refractivity (Wildman–Crippen MR) is 129 cm³/mol. The van der Waals surface area contributed by atoms with Crippen LogP contribution in [0, 0.1) is 35.0 Å². The summed E-state index contributed by atoms with van der Waals surface area (Å²) in [7, 11) is 0. The van der Waals surface area contributed by atoms with Crippen LogP contribution < -0.4 is 27.2 Å². The lowest BCUT2D eigenvalue weighted by Crippen LogP contribution is -2.50. The molecule has 3 amide bonds. The topological polar surface area (TPSA) is 169 Å². The number of nitrogens with one attached hydrogen (secondary N) is 4. The molecule has 0 spiro atoms. The Hall–Kier alpha value is -4.66. The highest BCUT2D eigenvalue weighted by molar-refractivity contribution is 5.97. The summed E-state index contributed by atoms with van der Waals surface area (Å²) in [6.45, 7) is 0.415. The van der Waals surface area contributed by atoms with Crippen LogP contribution in [0.2, 0.25) is 0 Å². The zero-order valence-corrected chi connectivity index (χ0v) is 18.7.